The van der Waals surface area contributed by atoms with E-state index in [1.165, 1.54) is 12.1 Å². The van der Waals surface area contributed by atoms with Gasteiger partial charge in [0.15, 0.2) is 0 Å². The zero-order valence-corrected chi connectivity index (χ0v) is 21.4. The van der Waals surface area contributed by atoms with Crippen LogP contribution in [0.5, 0.6) is 11.5 Å². The Morgan fingerprint density at radius 3 is 2.68 bits per heavy atom. The molecule has 2 saturated heterocycles. The summed E-state index contributed by atoms with van der Waals surface area (Å²) >= 11 is 0. The van der Waals surface area contributed by atoms with E-state index in [1.807, 2.05) is 18.2 Å². The van der Waals surface area contributed by atoms with Crippen LogP contribution in [0, 0.1) is 11.7 Å². The SMILES string of the molecule is COCCCC[C@@](O)(c1ccccc1Oc1cccc(F)c1)[C@@H]1CCCN(C(=O)N2C[C@@H](N)[C@@H](O)C2)C1. The van der Waals surface area contributed by atoms with Crippen LogP contribution in [-0.4, -0.2) is 78.1 Å². The quantitative estimate of drug-likeness (QED) is 0.442. The van der Waals surface area contributed by atoms with Crippen LogP contribution in [0.1, 0.15) is 37.7 Å². The molecule has 0 saturated carbocycles. The fraction of sp³-hybridized carbons (Fsp3) is 0.536. The highest BCUT2D eigenvalue weighted by Gasteiger charge is 2.44. The summed E-state index contributed by atoms with van der Waals surface area (Å²) in [5.41, 5.74) is 5.27. The number of para-hydroxylation sites is 1. The van der Waals surface area contributed by atoms with Gasteiger partial charge in [0.1, 0.15) is 17.3 Å². The summed E-state index contributed by atoms with van der Waals surface area (Å²) < 4.78 is 25.1. The standard InChI is InChI=1S/C28H38FN3O5/c1-36-15-5-4-13-28(35,23-11-2-3-12-26(23)37-22-10-6-9-21(29)16-22)20-8-7-14-31(17-20)27(34)32-18-24(30)25(33)19-32/h2-3,6,9-12,16,20,24-25,33,35H,4-5,7-8,13-15,17-19,30H2,1H3/t20-,24-,25+,28+/m1/s1. The average molecular weight is 516 g/mol. The largest absolute Gasteiger partial charge is 0.457 e. The number of amides is 2. The maximum Gasteiger partial charge on any atom is 0.320 e. The van der Waals surface area contributed by atoms with Crippen LogP contribution in [-0.2, 0) is 10.3 Å². The summed E-state index contributed by atoms with van der Waals surface area (Å²) in [5.74, 6) is 0.155. The summed E-state index contributed by atoms with van der Waals surface area (Å²) in [6, 6.07) is 12.6. The number of methoxy groups -OCH3 is 1. The van der Waals surface area contributed by atoms with Crippen LogP contribution in [0.15, 0.2) is 48.5 Å². The molecule has 4 rings (SSSR count). The first-order chi connectivity index (χ1) is 17.8. The van der Waals surface area contributed by atoms with Crippen molar-refractivity contribution in [3.8, 4) is 11.5 Å². The summed E-state index contributed by atoms with van der Waals surface area (Å²) in [6.45, 7) is 2.07. The Labute approximate surface area is 217 Å². The third kappa shape index (κ3) is 6.41. The van der Waals surface area contributed by atoms with Crippen LogP contribution in [0.2, 0.25) is 0 Å². The smallest absolute Gasteiger partial charge is 0.320 e. The molecule has 0 aromatic heterocycles. The third-order valence-electron chi connectivity index (χ3n) is 7.50. The lowest BCUT2D eigenvalue weighted by atomic mass is 9.73. The first kappa shape index (κ1) is 27.3. The van der Waals surface area contributed by atoms with E-state index in [0.29, 0.717) is 49.7 Å². The van der Waals surface area contributed by atoms with Crippen molar-refractivity contribution in [2.75, 3.05) is 39.9 Å². The Kier molecular flexibility index (Phi) is 9.02. The van der Waals surface area contributed by atoms with Gasteiger partial charge in [-0.3, -0.25) is 0 Å². The van der Waals surface area contributed by atoms with Crippen molar-refractivity contribution >= 4 is 6.03 Å². The molecule has 2 aliphatic heterocycles. The Balaban J connectivity index is 1.60. The highest BCUT2D eigenvalue weighted by Crippen LogP contribution is 2.44. The molecule has 2 fully saturated rings. The van der Waals surface area contributed by atoms with Crippen molar-refractivity contribution in [3.05, 3.63) is 59.9 Å². The van der Waals surface area contributed by atoms with E-state index in [4.69, 9.17) is 15.2 Å². The molecule has 2 aromatic rings. The van der Waals surface area contributed by atoms with Gasteiger partial charge in [-0.25, -0.2) is 9.18 Å². The molecular weight excluding hydrogens is 477 g/mol. The lowest BCUT2D eigenvalue weighted by Gasteiger charge is -2.44. The molecule has 2 heterocycles. The molecule has 2 aromatic carbocycles. The topological polar surface area (TPSA) is 108 Å². The van der Waals surface area contributed by atoms with Crippen LogP contribution < -0.4 is 10.5 Å². The second-order valence-corrected chi connectivity index (χ2v) is 10.1. The molecule has 0 unspecified atom stereocenters. The Morgan fingerprint density at radius 2 is 1.95 bits per heavy atom. The average Bonchev–Trinajstić information content (AvgIpc) is 3.24. The first-order valence-electron chi connectivity index (χ1n) is 13.0. The van der Waals surface area contributed by atoms with Gasteiger partial charge in [-0.15, -0.1) is 0 Å². The van der Waals surface area contributed by atoms with E-state index in [2.05, 4.69) is 0 Å². The number of carbonyl (C=O) groups is 1. The normalized spacial score (nSPS) is 23.6. The van der Waals surface area contributed by atoms with E-state index in [-0.39, 0.29) is 18.5 Å². The zero-order valence-electron chi connectivity index (χ0n) is 21.4. The molecule has 9 heteroatoms. The molecule has 0 bridgehead atoms. The minimum absolute atomic E-state index is 0.164. The number of β-amino-alcohol motifs (C(OH)–C–C–N with tert-alkyl or cyclic N) is 1. The third-order valence-corrected chi connectivity index (χ3v) is 7.50. The maximum absolute atomic E-state index is 13.8. The molecule has 4 atom stereocenters. The minimum Gasteiger partial charge on any atom is -0.457 e. The minimum atomic E-state index is -1.28. The van der Waals surface area contributed by atoms with Crippen molar-refractivity contribution in [2.24, 2.45) is 11.7 Å². The van der Waals surface area contributed by atoms with E-state index < -0.39 is 23.6 Å². The molecule has 4 N–H and O–H groups in total. The highest BCUT2D eigenvalue weighted by atomic mass is 19.1. The fourth-order valence-corrected chi connectivity index (χ4v) is 5.48. The second-order valence-electron chi connectivity index (χ2n) is 10.1. The molecule has 0 radical (unpaired) electrons. The predicted molar refractivity (Wildman–Crippen MR) is 138 cm³/mol. The number of benzene rings is 2. The maximum atomic E-state index is 13.8. The fourth-order valence-electron chi connectivity index (χ4n) is 5.48. The van der Waals surface area contributed by atoms with Gasteiger partial charge in [-0.1, -0.05) is 24.3 Å². The Bertz CT molecular complexity index is 1050. The van der Waals surface area contributed by atoms with Crippen molar-refractivity contribution < 1.29 is 28.9 Å². The zero-order chi connectivity index (χ0) is 26.4. The number of piperidine rings is 1. The number of halogens is 1. The van der Waals surface area contributed by atoms with Crippen molar-refractivity contribution in [1.82, 2.24) is 9.80 Å². The number of urea groups is 1. The molecule has 37 heavy (non-hydrogen) atoms. The number of nitrogens with two attached hydrogens (primary N) is 1. The number of ether oxygens (including phenoxy) is 2. The molecule has 202 valence electrons. The first-order valence-corrected chi connectivity index (χ1v) is 13.0. The second kappa shape index (κ2) is 12.2. The van der Waals surface area contributed by atoms with Gasteiger partial charge in [0.25, 0.3) is 0 Å². The van der Waals surface area contributed by atoms with Gasteiger partial charge in [0, 0.05) is 63.5 Å². The number of aliphatic hydroxyl groups is 2. The lowest BCUT2D eigenvalue weighted by molar-refractivity contribution is -0.0587. The van der Waals surface area contributed by atoms with Crippen LogP contribution in [0.3, 0.4) is 0 Å². The van der Waals surface area contributed by atoms with Gasteiger partial charge < -0.3 is 35.2 Å². The van der Waals surface area contributed by atoms with Gasteiger partial charge in [-0.05, 0) is 50.3 Å². The van der Waals surface area contributed by atoms with Crippen LogP contribution in [0.25, 0.3) is 0 Å². The molecule has 2 amide bonds. The summed E-state index contributed by atoms with van der Waals surface area (Å²) in [4.78, 5) is 16.6. The summed E-state index contributed by atoms with van der Waals surface area (Å²) in [7, 11) is 1.65. The van der Waals surface area contributed by atoms with E-state index in [9.17, 15) is 19.4 Å². The van der Waals surface area contributed by atoms with E-state index >= 15 is 0 Å². The molecule has 8 nitrogen and oxygen atoms in total. The Morgan fingerprint density at radius 1 is 1.14 bits per heavy atom. The molecule has 2 aliphatic rings. The number of nitrogens with zero attached hydrogens (tertiary/aromatic N) is 2. The number of carbonyl (C=O) groups excluding carboxylic acids is 1. The van der Waals surface area contributed by atoms with Gasteiger partial charge in [0.05, 0.1) is 11.7 Å². The number of unbranched alkanes of at least 4 members (excludes halogenated alkanes) is 1. The number of hydrogen-bond donors (Lipinski definition) is 3. The monoisotopic (exact) mass is 515 g/mol. The van der Waals surface area contributed by atoms with Gasteiger partial charge in [0.2, 0.25) is 0 Å². The molecular formula is C28H38FN3O5. The van der Waals surface area contributed by atoms with E-state index in [0.717, 1.165) is 25.7 Å². The number of aliphatic hydroxyl groups excluding tert-OH is 1. The Hall–Kier alpha value is -2.72. The van der Waals surface area contributed by atoms with Crippen molar-refractivity contribution in [1.29, 1.82) is 0 Å². The summed E-state index contributed by atoms with van der Waals surface area (Å²) in [5, 5.41) is 22.4. The van der Waals surface area contributed by atoms with Gasteiger partial charge in [-0.2, -0.15) is 0 Å². The van der Waals surface area contributed by atoms with Crippen molar-refractivity contribution in [2.45, 2.75) is 49.9 Å². The predicted octanol–water partition coefficient (Wildman–Crippen LogP) is 3.46. The number of likely N-dealkylation sites (tertiary alicyclic amines) is 2. The van der Waals surface area contributed by atoms with E-state index in [1.54, 1.807) is 35.1 Å². The van der Waals surface area contributed by atoms with Crippen LogP contribution in [0.4, 0.5) is 9.18 Å². The molecule has 0 spiro atoms. The van der Waals surface area contributed by atoms with Crippen LogP contribution >= 0.6 is 0 Å². The number of rotatable bonds is 9. The van der Waals surface area contributed by atoms with Gasteiger partial charge >= 0.3 is 6.03 Å². The number of hydrogen-bond acceptors (Lipinski definition) is 6. The lowest BCUT2D eigenvalue weighted by Crippen LogP contribution is -2.51. The molecule has 0 aliphatic carbocycles. The highest BCUT2D eigenvalue weighted by molar-refractivity contribution is 5.75. The summed E-state index contributed by atoms with van der Waals surface area (Å²) in [6.07, 6.45) is 2.71. The van der Waals surface area contributed by atoms with Crippen molar-refractivity contribution in [3.63, 3.8) is 0 Å².